The van der Waals surface area contributed by atoms with Crippen LogP contribution in [0.4, 0.5) is 13.2 Å². The van der Waals surface area contributed by atoms with Crippen LogP contribution in [-0.2, 0) is 19.3 Å². The Morgan fingerprint density at radius 3 is 2.33 bits per heavy atom. The number of alkyl halides is 3. The molecule has 24 heavy (non-hydrogen) atoms. The number of aryl methyl sites for hydroxylation is 1. The van der Waals surface area contributed by atoms with Crippen LogP contribution in [0.15, 0.2) is 28.9 Å². The molecule has 0 amide bonds. The first kappa shape index (κ1) is 16.9. The number of aromatic nitrogens is 2. The van der Waals surface area contributed by atoms with E-state index >= 15 is 0 Å². The number of hydrogen-bond donors (Lipinski definition) is 0. The van der Waals surface area contributed by atoms with Crippen LogP contribution < -0.4 is 0 Å². The minimum absolute atomic E-state index is 0.502. The average molecular weight is 340 g/mol. The fourth-order valence-electron chi connectivity index (χ4n) is 2.81. The Morgan fingerprint density at radius 2 is 1.75 bits per heavy atom. The first-order chi connectivity index (χ1) is 11.4. The molecule has 3 rings (SSSR count). The molecule has 1 aliphatic rings. The quantitative estimate of drug-likeness (QED) is 0.856. The van der Waals surface area contributed by atoms with Crippen LogP contribution in [0.3, 0.4) is 0 Å². The van der Waals surface area contributed by atoms with Crippen molar-refractivity contribution in [2.75, 3.05) is 26.2 Å². The lowest BCUT2D eigenvalue weighted by molar-refractivity contribution is -0.141. The first-order valence-corrected chi connectivity index (χ1v) is 7.79. The highest BCUT2D eigenvalue weighted by Gasteiger charge is 2.32. The van der Waals surface area contributed by atoms with E-state index in [1.54, 1.807) is 6.07 Å². The van der Waals surface area contributed by atoms with E-state index in [1.165, 1.54) is 6.20 Å². The van der Waals surface area contributed by atoms with Crippen LogP contribution in [0.2, 0.25) is 0 Å². The van der Waals surface area contributed by atoms with E-state index in [4.69, 9.17) is 4.52 Å². The normalized spacial score (nSPS) is 17.3. The minimum Gasteiger partial charge on any atom is -0.361 e. The smallest absolute Gasteiger partial charge is 0.361 e. The Hall–Kier alpha value is -1.93. The van der Waals surface area contributed by atoms with E-state index in [9.17, 15) is 13.2 Å². The first-order valence-electron chi connectivity index (χ1n) is 7.79. The van der Waals surface area contributed by atoms with Gasteiger partial charge in [0.25, 0.3) is 0 Å². The molecule has 2 aromatic heterocycles. The Kier molecular flexibility index (Phi) is 4.86. The van der Waals surface area contributed by atoms with Crippen molar-refractivity contribution in [3.63, 3.8) is 0 Å². The summed E-state index contributed by atoms with van der Waals surface area (Å²) in [5.41, 5.74) is 0.711. The lowest BCUT2D eigenvalue weighted by Crippen LogP contribution is -2.45. The lowest BCUT2D eigenvalue weighted by atomic mass is 10.2. The summed E-state index contributed by atoms with van der Waals surface area (Å²) >= 11 is 0. The SMILES string of the molecule is Cc1cc(CN2CCN(Cc3ccnc(C(F)(F)F)c3)CC2)no1. The van der Waals surface area contributed by atoms with Crippen LogP contribution in [-0.4, -0.2) is 46.1 Å². The molecular weight excluding hydrogens is 321 g/mol. The van der Waals surface area contributed by atoms with Crippen molar-refractivity contribution in [1.82, 2.24) is 19.9 Å². The summed E-state index contributed by atoms with van der Waals surface area (Å²) < 4.78 is 43.2. The molecule has 1 saturated heterocycles. The second kappa shape index (κ2) is 6.90. The van der Waals surface area contributed by atoms with Gasteiger partial charge in [-0.25, -0.2) is 0 Å². The predicted molar refractivity (Wildman–Crippen MR) is 81.0 cm³/mol. The largest absolute Gasteiger partial charge is 0.433 e. The summed E-state index contributed by atoms with van der Waals surface area (Å²) in [7, 11) is 0. The number of rotatable bonds is 4. The van der Waals surface area contributed by atoms with Gasteiger partial charge in [0.1, 0.15) is 11.5 Å². The molecule has 0 radical (unpaired) electrons. The van der Waals surface area contributed by atoms with Crippen molar-refractivity contribution in [1.29, 1.82) is 0 Å². The van der Waals surface area contributed by atoms with E-state index in [1.807, 2.05) is 13.0 Å². The second-order valence-corrected chi connectivity index (χ2v) is 6.03. The summed E-state index contributed by atoms with van der Waals surface area (Å²) in [4.78, 5) is 7.82. The highest BCUT2D eigenvalue weighted by molar-refractivity contribution is 5.18. The summed E-state index contributed by atoms with van der Waals surface area (Å²) in [6.07, 6.45) is -3.17. The van der Waals surface area contributed by atoms with Gasteiger partial charge in [-0.05, 0) is 24.6 Å². The van der Waals surface area contributed by atoms with Crippen molar-refractivity contribution in [2.24, 2.45) is 0 Å². The second-order valence-electron chi connectivity index (χ2n) is 6.03. The van der Waals surface area contributed by atoms with Crippen LogP contribution in [0, 0.1) is 6.92 Å². The molecule has 2 aromatic rings. The van der Waals surface area contributed by atoms with Gasteiger partial charge in [0.15, 0.2) is 0 Å². The Labute approximate surface area is 138 Å². The molecule has 0 unspecified atom stereocenters. The Bertz CT molecular complexity index is 678. The lowest BCUT2D eigenvalue weighted by Gasteiger charge is -2.34. The molecule has 3 heterocycles. The highest BCUT2D eigenvalue weighted by Crippen LogP contribution is 2.28. The van der Waals surface area contributed by atoms with Gasteiger partial charge in [-0.15, -0.1) is 0 Å². The average Bonchev–Trinajstić information content (AvgIpc) is 2.94. The predicted octanol–water partition coefficient (Wildman–Crippen LogP) is 2.71. The van der Waals surface area contributed by atoms with Gasteiger partial charge < -0.3 is 4.52 Å². The van der Waals surface area contributed by atoms with Gasteiger partial charge in [0.05, 0.1) is 5.69 Å². The van der Waals surface area contributed by atoms with E-state index in [0.717, 1.165) is 50.2 Å². The van der Waals surface area contributed by atoms with Crippen LogP contribution in [0.1, 0.15) is 22.7 Å². The number of hydrogen-bond acceptors (Lipinski definition) is 5. The van der Waals surface area contributed by atoms with Gasteiger partial charge in [-0.1, -0.05) is 5.16 Å². The van der Waals surface area contributed by atoms with Crippen molar-refractivity contribution in [3.05, 3.63) is 47.1 Å². The van der Waals surface area contributed by atoms with E-state index in [0.29, 0.717) is 12.1 Å². The summed E-state index contributed by atoms with van der Waals surface area (Å²) in [5, 5.41) is 3.99. The Morgan fingerprint density at radius 1 is 1.08 bits per heavy atom. The van der Waals surface area contributed by atoms with E-state index in [2.05, 4.69) is 19.9 Å². The molecule has 0 N–H and O–H groups in total. The van der Waals surface area contributed by atoms with Crippen molar-refractivity contribution in [3.8, 4) is 0 Å². The monoisotopic (exact) mass is 340 g/mol. The Balaban J connectivity index is 1.52. The molecule has 0 saturated carbocycles. The maximum atomic E-state index is 12.7. The molecule has 0 bridgehead atoms. The van der Waals surface area contributed by atoms with Crippen molar-refractivity contribution in [2.45, 2.75) is 26.2 Å². The summed E-state index contributed by atoms with van der Waals surface area (Å²) in [6.45, 7) is 6.41. The standard InChI is InChI=1S/C16H19F3N4O/c1-12-8-14(21-24-12)11-23-6-4-22(5-7-23)10-13-2-3-20-15(9-13)16(17,18)19/h2-3,8-9H,4-7,10-11H2,1H3. The van der Waals surface area contributed by atoms with Gasteiger partial charge >= 0.3 is 6.18 Å². The minimum atomic E-state index is -4.40. The number of nitrogens with zero attached hydrogens (tertiary/aromatic N) is 4. The highest BCUT2D eigenvalue weighted by atomic mass is 19.4. The summed E-state index contributed by atoms with van der Waals surface area (Å²) in [5.74, 6) is 0.793. The molecule has 0 atom stereocenters. The van der Waals surface area contributed by atoms with Crippen LogP contribution >= 0.6 is 0 Å². The van der Waals surface area contributed by atoms with Gasteiger partial charge in [0.2, 0.25) is 0 Å². The number of halogens is 3. The van der Waals surface area contributed by atoms with Crippen LogP contribution in [0.25, 0.3) is 0 Å². The molecule has 0 spiro atoms. The third kappa shape index (κ3) is 4.33. The van der Waals surface area contributed by atoms with Crippen molar-refractivity contribution < 1.29 is 17.7 Å². The third-order valence-corrected chi connectivity index (χ3v) is 4.05. The molecule has 1 aliphatic heterocycles. The molecule has 0 aliphatic carbocycles. The zero-order valence-corrected chi connectivity index (χ0v) is 13.4. The third-order valence-electron chi connectivity index (χ3n) is 4.05. The number of pyridine rings is 1. The molecule has 8 heteroatoms. The van der Waals surface area contributed by atoms with E-state index in [-0.39, 0.29) is 0 Å². The molecular formula is C16H19F3N4O. The van der Waals surface area contributed by atoms with Crippen molar-refractivity contribution >= 4 is 0 Å². The van der Waals surface area contributed by atoms with Gasteiger partial charge in [-0.3, -0.25) is 14.8 Å². The van der Waals surface area contributed by atoms with Gasteiger partial charge in [-0.2, -0.15) is 13.2 Å². The topological polar surface area (TPSA) is 45.4 Å². The maximum absolute atomic E-state index is 12.7. The zero-order valence-electron chi connectivity index (χ0n) is 13.4. The maximum Gasteiger partial charge on any atom is 0.433 e. The van der Waals surface area contributed by atoms with Crippen LogP contribution in [0.5, 0.6) is 0 Å². The summed E-state index contributed by atoms with van der Waals surface area (Å²) in [6, 6.07) is 4.69. The number of piperazine rings is 1. The molecule has 5 nitrogen and oxygen atoms in total. The molecule has 130 valence electrons. The molecule has 0 aromatic carbocycles. The fraction of sp³-hybridized carbons (Fsp3) is 0.500. The van der Waals surface area contributed by atoms with E-state index < -0.39 is 11.9 Å². The molecule has 1 fully saturated rings. The fourth-order valence-corrected chi connectivity index (χ4v) is 2.81. The van der Waals surface area contributed by atoms with Gasteiger partial charge in [0, 0.05) is 51.5 Å². The zero-order chi connectivity index (χ0) is 17.2.